The van der Waals surface area contributed by atoms with Crippen LogP contribution in [-0.4, -0.2) is 35.2 Å². The molecule has 1 saturated heterocycles. The van der Waals surface area contributed by atoms with E-state index >= 15 is 0 Å². The third kappa shape index (κ3) is 2.80. The minimum atomic E-state index is -0.0765. The van der Waals surface area contributed by atoms with Gasteiger partial charge in [-0.2, -0.15) is 5.10 Å². The van der Waals surface area contributed by atoms with Gasteiger partial charge in [0.1, 0.15) is 5.75 Å². The van der Waals surface area contributed by atoms with Crippen LogP contribution in [0.15, 0.2) is 28.4 Å². The lowest BCUT2D eigenvalue weighted by molar-refractivity contribution is -0.116. The number of hydrogen-bond acceptors (Lipinski definition) is 6. The Morgan fingerprint density at radius 2 is 2.39 bits per heavy atom. The maximum absolute atomic E-state index is 10.9. The zero-order valence-corrected chi connectivity index (χ0v) is 10.5. The summed E-state index contributed by atoms with van der Waals surface area (Å²) in [5.41, 5.74) is 1.31. The number of benzene rings is 1. The van der Waals surface area contributed by atoms with E-state index in [-0.39, 0.29) is 11.7 Å². The number of aromatic hydroxyl groups is 1. The van der Waals surface area contributed by atoms with Gasteiger partial charge in [-0.3, -0.25) is 4.79 Å². The van der Waals surface area contributed by atoms with Gasteiger partial charge in [0.25, 0.3) is 0 Å². The van der Waals surface area contributed by atoms with E-state index in [2.05, 4.69) is 20.8 Å². The summed E-state index contributed by atoms with van der Waals surface area (Å²) in [5.74, 6) is 0.411. The van der Waals surface area contributed by atoms with E-state index in [0.717, 1.165) is 5.69 Å². The summed E-state index contributed by atoms with van der Waals surface area (Å²) in [6, 6.07) is 5.12. The maximum Gasteiger partial charge on any atom is 0.236 e. The van der Waals surface area contributed by atoms with Crippen molar-refractivity contribution in [1.82, 2.24) is 5.32 Å². The van der Waals surface area contributed by atoms with Gasteiger partial charge in [0.05, 0.1) is 17.5 Å². The second-order valence-corrected chi connectivity index (χ2v) is 4.44. The van der Waals surface area contributed by atoms with Crippen molar-refractivity contribution in [3.05, 3.63) is 23.8 Å². The number of phenols is 1. The van der Waals surface area contributed by atoms with E-state index in [1.807, 2.05) is 6.07 Å². The number of amidine groups is 1. The van der Waals surface area contributed by atoms with Crippen LogP contribution in [0.2, 0.25) is 0 Å². The molecule has 1 aliphatic rings. The average molecular weight is 264 g/mol. The summed E-state index contributed by atoms with van der Waals surface area (Å²) in [7, 11) is 1.76. The zero-order valence-electron chi connectivity index (χ0n) is 9.67. The van der Waals surface area contributed by atoms with Crippen molar-refractivity contribution in [2.75, 3.05) is 18.1 Å². The fraction of sp³-hybridized carbons (Fsp3) is 0.182. The monoisotopic (exact) mass is 264 g/mol. The normalized spacial score (nSPS) is 17.4. The molecule has 18 heavy (non-hydrogen) atoms. The molecule has 1 fully saturated rings. The number of nitrogens with zero attached hydrogens (tertiary/aromatic N) is 2. The van der Waals surface area contributed by atoms with Crippen LogP contribution in [0.3, 0.4) is 0 Å². The van der Waals surface area contributed by atoms with Crippen molar-refractivity contribution in [3.63, 3.8) is 0 Å². The molecule has 2 rings (SSSR count). The van der Waals surface area contributed by atoms with Crippen LogP contribution in [0.5, 0.6) is 5.75 Å². The molecule has 1 aliphatic heterocycles. The van der Waals surface area contributed by atoms with Crippen LogP contribution < -0.4 is 10.6 Å². The van der Waals surface area contributed by atoms with Crippen molar-refractivity contribution in [2.24, 2.45) is 10.2 Å². The molecule has 3 N–H and O–H groups in total. The van der Waals surface area contributed by atoms with Gasteiger partial charge < -0.3 is 15.7 Å². The summed E-state index contributed by atoms with van der Waals surface area (Å²) >= 11 is 1.30. The lowest BCUT2D eigenvalue weighted by Crippen LogP contribution is -2.19. The molecule has 1 aromatic carbocycles. The maximum atomic E-state index is 10.9. The highest BCUT2D eigenvalue weighted by molar-refractivity contribution is 8.15. The Morgan fingerprint density at radius 1 is 1.56 bits per heavy atom. The molecule has 0 aromatic heterocycles. The molecule has 6 nitrogen and oxygen atoms in total. The van der Waals surface area contributed by atoms with Crippen LogP contribution in [0.25, 0.3) is 0 Å². The number of hydrogen-bond donors (Lipinski definition) is 3. The molecule has 0 bridgehead atoms. The van der Waals surface area contributed by atoms with Gasteiger partial charge in [-0.1, -0.05) is 17.8 Å². The number of thioether (sulfide) groups is 1. The summed E-state index contributed by atoms with van der Waals surface area (Å²) in [4.78, 5) is 10.9. The van der Waals surface area contributed by atoms with E-state index < -0.39 is 0 Å². The number of rotatable bonds is 3. The van der Waals surface area contributed by atoms with E-state index in [1.54, 1.807) is 19.2 Å². The molecule has 7 heteroatoms. The summed E-state index contributed by atoms with van der Waals surface area (Å²) < 4.78 is 0. The van der Waals surface area contributed by atoms with Gasteiger partial charge >= 0.3 is 0 Å². The number of nitrogens with one attached hydrogen (secondary N) is 2. The molecule has 0 aliphatic carbocycles. The van der Waals surface area contributed by atoms with Crippen molar-refractivity contribution < 1.29 is 9.90 Å². The van der Waals surface area contributed by atoms with Crippen molar-refractivity contribution in [3.8, 4) is 5.75 Å². The minimum absolute atomic E-state index is 0.0765. The van der Waals surface area contributed by atoms with Gasteiger partial charge in [-0.15, -0.1) is 5.10 Å². The van der Waals surface area contributed by atoms with Crippen molar-refractivity contribution >= 4 is 34.7 Å². The summed E-state index contributed by atoms with van der Waals surface area (Å²) in [6.07, 6.45) is 1.44. The quantitative estimate of drug-likeness (QED) is 0.561. The lowest BCUT2D eigenvalue weighted by atomic mass is 10.2. The lowest BCUT2D eigenvalue weighted by Gasteiger charge is -2.05. The number of carbonyl (C=O) groups is 1. The number of phenolic OH excluding ortho intramolecular Hbond substituents is 1. The second-order valence-electron chi connectivity index (χ2n) is 3.47. The summed E-state index contributed by atoms with van der Waals surface area (Å²) in [5, 5.41) is 23.4. The van der Waals surface area contributed by atoms with E-state index in [4.69, 9.17) is 0 Å². The zero-order chi connectivity index (χ0) is 13.0. The van der Waals surface area contributed by atoms with Crippen LogP contribution in [0.1, 0.15) is 5.56 Å². The average Bonchev–Trinajstić information content (AvgIpc) is 2.77. The molecular formula is C11H12N4O2S. The third-order valence-corrected chi connectivity index (χ3v) is 3.14. The first kappa shape index (κ1) is 12.4. The van der Waals surface area contributed by atoms with Gasteiger partial charge in [-0.25, -0.2) is 0 Å². The Kier molecular flexibility index (Phi) is 3.83. The largest absolute Gasteiger partial charge is 0.507 e. The molecule has 0 unspecified atom stereocenters. The van der Waals surface area contributed by atoms with Crippen molar-refractivity contribution in [1.29, 1.82) is 0 Å². The first-order chi connectivity index (χ1) is 8.70. The Morgan fingerprint density at radius 3 is 3.06 bits per heavy atom. The fourth-order valence-electron chi connectivity index (χ4n) is 1.42. The van der Waals surface area contributed by atoms with Crippen LogP contribution in [-0.2, 0) is 4.79 Å². The van der Waals surface area contributed by atoms with E-state index in [0.29, 0.717) is 16.5 Å². The molecule has 1 aromatic rings. The second kappa shape index (κ2) is 5.54. The Bertz CT molecular complexity index is 528. The molecule has 0 atom stereocenters. The smallest absolute Gasteiger partial charge is 0.236 e. The highest BCUT2D eigenvalue weighted by atomic mass is 32.2. The standard InChI is InChI=1S/C11H12N4O2S/c1-12-8-3-2-4-9(16)7(8)5-13-15-11-14-10(17)6-18-11/h2-5,12,16H,6H2,1H3,(H,14,15,17). The number of amides is 1. The molecular weight excluding hydrogens is 252 g/mol. The van der Waals surface area contributed by atoms with Crippen LogP contribution >= 0.6 is 11.8 Å². The van der Waals surface area contributed by atoms with Gasteiger partial charge in [0.15, 0.2) is 5.17 Å². The third-order valence-electron chi connectivity index (χ3n) is 2.27. The first-order valence-electron chi connectivity index (χ1n) is 5.24. The highest BCUT2D eigenvalue weighted by Crippen LogP contribution is 2.23. The van der Waals surface area contributed by atoms with Crippen LogP contribution in [0, 0.1) is 0 Å². The predicted octanol–water partition coefficient (Wildman–Crippen LogP) is 0.987. The number of carbonyl (C=O) groups excluding carboxylic acids is 1. The Balaban J connectivity index is 2.16. The fourth-order valence-corrected chi connectivity index (χ4v) is 2.06. The van der Waals surface area contributed by atoms with Crippen molar-refractivity contribution in [2.45, 2.75) is 0 Å². The minimum Gasteiger partial charge on any atom is -0.507 e. The van der Waals surface area contributed by atoms with E-state index in [1.165, 1.54) is 18.0 Å². The topological polar surface area (TPSA) is 86.1 Å². The Hall–Kier alpha value is -2.02. The van der Waals surface area contributed by atoms with Gasteiger partial charge in [0, 0.05) is 12.7 Å². The molecule has 1 heterocycles. The molecule has 1 amide bonds. The van der Waals surface area contributed by atoms with Gasteiger partial charge in [-0.05, 0) is 12.1 Å². The Labute approximate surface area is 108 Å². The van der Waals surface area contributed by atoms with E-state index in [9.17, 15) is 9.90 Å². The predicted molar refractivity (Wildman–Crippen MR) is 73.3 cm³/mol. The molecule has 0 radical (unpaired) electrons. The molecule has 94 valence electrons. The van der Waals surface area contributed by atoms with Gasteiger partial charge in [0.2, 0.25) is 5.91 Å². The first-order valence-corrected chi connectivity index (χ1v) is 6.22. The summed E-state index contributed by atoms with van der Waals surface area (Å²) in [6.45, 7) is 0. The highest BCUT2D eigenvalue weighted by Gasteiger charge is 2.16. The van der Waals surface area contributed by atoms with Crippen LogP contribution in [0.4, 0.5) is 5.69 Å². The number of anilines is 1. The molecule has 0 saturated carbocycles. The SMILES string of the molecule is CNc1cccc(O)c1C=NN=C1NC(=O)CS1. The molecule has 0 spiro atoms.